The third-order valence-corrected chi connectivity index (χ3v) is 6.55. The predicted molar refractivity (Wildman–Crippen MR) is 104 cm³/mol. The predicted octanol–water partition coefficient (Wildman–Crippen LogP) is 5.27. The first kappa shape index (κ1) is 18.4. The molecule has 0 heterocycles. The van der Waals surface area contributed by atoms with Crippen LogP contribution in [-0.2, 0) is 11.1 Å². The SMILES string of the molecule is CCO[P+](C)(O)C[C@H](c1cccc(OCc2ccccc2)c1)C1CC1. The van der Waals surface area contributed by atoms with E-state index in [2.05, 4.69) is 30.3 Å². The summed E-state index contributed by atoms with van der Waals surface area (Å²) in [6.07, 6.45) is 3.21. The average molecular weight is 359 g/mol. The van der Waals surface area contributed by atoms with E-state index >= 15 is 0 Å². The number of hydrogen-bond acceptors (Lipinski definition) is 3. The van der Waals surface area contributed by atoms with Crippen LogP contribution < -0.4 is 4.74 Å². The van der Waals surface area contributed by atoms with Gasteiger partial charge in [0.05, 0.1) is 6.61 Å². The molecule has 2 aromatic carbocycles. The molecule has 25 heavy (non-hydrogen) atoms. The second-order valence-corrected chi connectivity index (χ2v) is 9.67. The van der Waals surface area contributed by atoms with Gasteiger partial charge in [-0.05, 0) is 48.9 Å². The van der Waals surface area contributed by atoms with E-state index in [0.29, 0.717) is 25.0 Å². The summed E-state index contributed by atoms with van der Waals surface area (Å²) in [5.74, 6) is 1.91. The molecule has 0 bridgehead atoms. The van der Waals surface area contributed by atoms with Gasteiger partial charge in [0.2, 0.25) is 0 Å². The molecule has 2 atom stereocenters. The Bertz CT molecular complexity index is 668. The minimum atomic E-state index is -2.30. The van der Waals surface area contributed by atoms with Gasteiger partial charge in [0, 0.05) is 5.92 Å². The van der Waals surface area contributed by atoms with E-state index in [-0.39, 0.29) is 0 Å². The van der Waals surface area contributed by atoms with Gasteiger partial charge in [0.15, 0.2) is 0 Å². The first-order valence-electron chi connectivity index (χ1n) is 9.07. The van der Waals surface area contributed by atoms with E-state index in [4.69, 9.17) is 9.26 Å². The minimum absolute atomic E-state index is 0.357. The van der Waals surface area contributed by atoms with E-state index in [0.717, 1.165) is 17.5 Å². The van der Waals surface area contributed by atoms with Crippen molar-refractivity contribution in [1.29, 1.82) is 0 Å². The fourth-order valence-electron chi connectivity index (χ4n) is 3.30. The Hall–Kier alpha value is -1.41. The standard InChI is InChI=1S/C21H28O3P/c1-3-24-25(2,22)16-21(18-12-13-18)19-10-7-11-20(14-19)23-15-17-8-5-4-6-9-17/h4-11,14,18,21-22H,3,12-13,15-16H2,1-2H3/q+1/t21-,25?/m0/s1. The zero-order valence-corrected chi connectivity index (χ0v) is 16.0. The van der Waals surface area contributed by atoms with Gasteiger partial charge in [-0.2, -0.15) is 0 Å². The second-order valence-electron chi connectivity index (χ2n) is 6.94. The third kappa shape index (κ3) is 5.54. The van der Waals surface area contributed by atoms with Crippen molar-refractivity contribution in [3.8, 4) is 5.75 Å². The quantitative estimate of drug-likeness (QED) is 0.620. The summed E-state index contributed by atoms with van der Waals surface area (Å²) in [6.45, 7) is 4.96. The summed E-state index contributed by atoms with van der Waals surface area (Å²) in [7, 11) is -2.30. The Morgan fingerprint density at radius 2 is 1.88 bits per heavy atom. The normalized spacial score (nSPS) is 17.7. The highest BCUT2D eigenvalue weighted by Crippen LogP contribution is 2.58. The Balaban J connectivity index is 1.69. The lowest BCUT2D eigenvalue weighted by molar-refractivity contribution is 0.304. The molecule has 1 fully saturated rings. The zero-order valence-electron chi connectivity index (χ0n) is 15.1. The molecule has 3 nitrogen and oxygen atoms in total. The summed E-state index contributed by atoms with van der Waals surface area (Å²) < 4.78 is 11.6. The smallest absolute Gasteiger partial charge is 0.269 e. The van der Waals surface area contributed by atoms with Crippen molar-refractivity contribution >= 4 is 7.72 Å². The molecule has 0 saturated heterocycles. The van der Waals surface area contributed by atoms with Crippen molar-refractivity contribution in [2.45, 2.75) is 32.3 Å². The molecule has 1 unspecified atom stereocenters. The van der Waals surface area contributed by atoms with Crippen molar-refractivity contribution in [3.63, 3.8) is 0 Å². The molecule has 1 N–H and O–H groups in total. The van der Waals surface area contributed by atoms with Gasteiger partial charge in [0.1, 0.15) is 25.2 Å². The van der Waals surface area contributed by atoms with Crippen molar-refractivity contribution < 1.29 is 14.2 Å². The van der Waals surface area contributed by atoms with Gasteiger partial charge in [-0.1, -0.05) is 42.5 Å². The zero-order chi connectivity index (χ0) is 17.7. The molecule has 1 aliphatic carbocycles. The average Bonchev–Trinajstić information content (AvgIpc) is 3.44. The van der Waals surface area contributed by atoms with Crippen LogP contribution in [0.3, 0.4) is 0 Å². The molecule has 4 heteroatoms. The Kier molecular flexibility index (Phi) is 6.11. The highest BCUT2D eigenvalue weighted by atomic mass is 31.2. The van der Waals surface area contributed by atoms with Crippen LogP contribution in [0.4, 0.5) is 0 Å². The molecule has 3 rings (SSSR count). The van der Waals surface area contributed by atoms with Crippen molar-refractivity contribution in [1.82, 2.24) is 0 Å². The van der Waals surface area contributed by atoms with Gasteiger partial charge in [0.25, 0.3) is 7.72 Å². The molecular weight excluding hydrogens is 331 g/mol. The van der Waals surface area contributed by atoms with Crippen molar-refractivity contribution in [2.75, 3.05) is 19.4 Å². The molecule has 1 saturated carbocycles. The second kappa shape index (κ2) is 8.31. The van der Waals surface area contributed by atoms with Gasteiger partial charge >= 0.3 is 0 Å². The highest BCUT2D eigenvalue weighted by molar-refractivity contribution is 7.64. The molecule has 0 spiro atoms. The fourth-order valence-corrected chi connectivity index (χ4v) is 5.20. The first-order chi connectivity index (χ1) is 12.1. The maximum Gasteiger partial charge on any atom is 0.269 e. The van der Waals surface area contributed by atoms with Crippen LogP contribution in [0.5, 0.6) is 5.75 Å². The summed E-state index contributed by atoms with van der Waals surface area (Å²) in [4.78, 5) is 10.6. The van der Waals surface area contributed by atoms with Gasteiger partial charge < -0.3 is 4.74 Å². The molecule has 0 aromatic heterocycles. The summed E-state index contributed by atoms with van der Waals surface area (Å²) >= 11 is 0. The van der Waals surface area contributed by atoms with Crippen LogP contribution in [0.15, 0.2) is 54.6 Å². The molecule has 0 radical (unpaired) electrons. The molecular formula is C21H28O3P+. The maximum absolute atomic E-state index is 10.6. The maximum atomic E-state index is 10.6. The third-order valence-electron chi connectivity index (χ3n) is 4.67. The largest absolute Gasteiger partial charge is 0.489 e. The topological polar surface area (TPSA) is 38.7 Å². The Labute approximate surface area is 151 Å². The number of rotatable bonds is 9. The van der Waals surface area contributed by atoms with Gasteiger partial charge in [-0.25, -0.2) is 9.42 Å². The summed E-state index contributed by atoms with van der Waals surface area (Å²) in [5, 5.41) is 0. The summed E-state index contributed by atoms with van der Waals surface area (Å²) in [5.41, 5.74) is 2.42. The lowest BCUT2D eigenvalue weighted by Gasteiger charge is -2.21. The van der Waals surface area contributed by atoms with Crippen LogP contribution in [0.2, 0.25) is 0 Å². The van der Waals surface area contributed by atoms with Crippen LogP contribution in [0.1, 0.15) is 36.8 Å². The number of hydrogen-bond donors (Lipinski definition) is 1. The monoisotopic (exact) mass is 359 g/mol. The van der Waals surface area contributed by atoms with E-state index in [1.807, 2.05) is 37.9 Å². The fraction of sp³-hybridized carbons (Fsp3) is 0.429. The van der Waals surface area contributed by atoms with Crippen LogP contribution >= 0.6 is 7.72 Å². The van der Waals surface area contributed by atoms with Gasteiger partial charge in [-0.3, -0.25) is 0 Å². The Morgan fingerprint density at radius 1 is 1.12 bits per heavy atom. The van der Waals surface area contributed by atoms with E-state index in [1.54, 1.807) is 0 Å². The van der Waals surface area contributed by atoms with Crippen LogP contribution in [0.25, 0.3) is 0 Å². The lowest BCUT2D eigenvalue weighted by Crippen LogP contribution is -2.12. The van der Waals surface area contributed by atoms with Gasteiger partial charge in [-0.15, -0.1) is 0 Å². The molecule has 2 aromatic rings. The first-order valence-corrected chi connectivity index (χ1v) is 11.4. The van der Waals surface area contributed by atoms with Crippen molar-refractivity contribution in [2.24, 2.45) is 5.92 Å². The Morgan fingerprint density at radius 3 is 2.56 bits per heavy atom. The number of ether oxygens (including phenoxy) is 1. The summed E-state index contributed by atoms with van der Waals surface area (Å²) in [6, 6.07) is 18.6. The van der Waals surface area contributed by atoms with Crippen molar-refractivity contribution in [3.05, 3.63) is 65.7 Å². The number of benzene rings is 2. The van der Waals surface area contributed by atoms with E-state index in [1.165, 1.54) is 18.4 Å². The molecule has 1 aliphatic rings. The van der Waals surface area contributed by atoms with E-state index < -0.39 is 7.72 Å². The van der Waals surface area contributed by atoms with Crippen LogP contribution in [-0.4, -0.2) is 24.3 Å². The van der Waals surface area contributed by atoms with E-state index in [9.17, 15) is 4.89 Å². The molecule has 0 aliphatic heterocycles. The highest BCUT2D eigenvalue weighted by Gasteiger charge is 2.42. The molecule has 0 amide bonds. The minimum Gasteiger partial charge on any atom is -0.489 e. The lowest BCUT2D eigenvalue weighted by atomic mass is 9.96. The molecule has 134 valence electrons. The van der Waals surface area contributed by atoms with Crippen LogP contribution in [0, 0.1) is 5.92 Å².